The average Bonchev–Trinajstić information content (AvgIpc) is 2.49. The summed E-state index contributed by atoms with van der Waals surface area (Å²) in [5.74, 6) is 0. The summed E-state index contributed by atoms with van der Waals surface area (Å²) in [6.45, 7) is 41.3. The highest BCUT2D eigenvalue weighted by molar-refractivity contribution is 6.92. The second-order valence-corrected chi connectivity index (χ2v) is 47.9. The van der Waals surface area contributed by atoms with E-state index in [-0.39, 0.29) is 0 Å². The first kappa shape index (κ1) is 41.8. The second-order valence-electron chi connectivity index (χ2n) is 14.3. The number of rotatable bonds is 19. The first-order valence-electron chi connectivity index (χ1n) is 14.2. The van der Waals surface area contributed by atoms with Crippen molar-refractivity contribution < 1.29 is 42.1 Å². The topological polar surface area (TPSA) is 92.3 Å². The lowest BCUT2D eigenvalue weighted by atomic mass is 11.9. The molecule has 0 saturated carbocycles. The maximum atomic E-state index is 6.70. The standard InChI is InChI=1S/C20H62O10Si10/c1-31(2)21-22-33(5,6)24-35(9,10)26-37(13,14)28-39(17,18)30-40(19,20)29-38(15,16)27-36(11,12)25-34(7,8)23-32(3)4/h31-32H,1-20H3. The third-order valence-electron chi connectivity index (χ3n) is 4.40. The third kappa shape index (κ3) is 19.9. The fourth-order valence-electron chi connectivity index (χ4n) is 5.09. The van der Waals surface area contributed by atoms with Crippen molar-refractivity contribution in [2.45, 2.75) is 131 Å². The minimum atomic E-state index is -2.64. The van der Waals surface area contributed by atoms with Crippen LogP contribution in [0.25, 0.3) is 0 Å². The highest BCUT2D eigenvalue weighted by Gasteiger charge is 2.49. The molecule has 0 aliphatic heterocycles. The van der Waals surface area contributed by atoms with Gasteiger partial charge in [-0.1, -0.05) is 0 Å². The van der Waals surface area contributed by atoms with Gasteiger partial charge in [0.2, 0.25) is 9.04 Å². The van der Waals surface area contributed by atoms with Gasteiger partial charge in [0.1, 0.15) is 0 Å². The van der Waals surface area contributed by atoms with Gasteiger partial charge in [-0.3, -0.25) is 9.15 Å². The maximum absolute atomic E-state index is 6.70. The minimum Gasteiger partial charge on any atom is -0.440 e. The Labute approximate surface area is 258 Å². The molecule has 0 rings (SSSR count). The molecular weight excluding hydrogens is 681 g/mol. The SMILES string of the molecule is C[SiH](C)OO[Si](C)(C)O[Si](C)(C)O[Si](C)(C)O[Si](C)(C)O[Si](C)(C)O[Si](C)(C)O[Si](C)(C)O[Si](C)(C)O[SiH](C)C. The van der Waals surface area contributed by atoms with Crippen LogP contribution in [-0.2, 0) is 42.1 Å². The predicted octanol–water partition coefficient (Wildman–Crippen LogP) is 6.65. The Morgan fingerprint density at radius 3 is 0.750 bits per heavy atom. The zero-order valence-corrected chi connectivity index (χ0v) is 39.5. The van der Waals surface area contributed by atoms with Gasteiger partial charge in [-0.05, 0) is 131 Å². The molecule has 0 radical (unpaired) electrons. The lowest BCUT2D eigenvalue weighted by molar-refractivity contribution is -0.132. The Balaban J connectivity index is 5.35. The molecule has 0 atom stereocenters. The van der Waals surface area contributed by atoms with Gasteiger partial charge in [0.25, 0.3) is 0 Å². The van der Waals surface area contributed by atoms with Crippen molar-refractivity contribution in [1.82, 2.24) is 0 Å². The van der Waals surface area contributed by atoms with Gasteiger partial charge >= 0.3 is 68.5 Å². The lowest BCUT2D eigenvalue weighted by Crippen LogP contribution is -2.61. The normalized spacial score (nSPS) is 15.4. The Morgan fingerprint density at radius 2 is 0.525 bits per heavy atom. The Bertz CT molecular complexity index is 792. The van der Waals surface area contributed by atoms with E-state index in [0.29, 0.717) is 0 Å². The van der Waals surface area contributed by atoms with Gasteiger partial charge in [-0.15, -0.1) is 0 Å². The highest BCUT2D eigenvalue weighted by atomic mass is 28.5. The zero-order chi connectivity index (χ0) is 32.2. The van der Waals surface area contributed by atoms with Crippen LogP contribution >= 0.6 is 0 Å². The molecule has 0 N–H and O–H groups in total. The van der Waals surface area contributed by atoms with Crippen molar-refractivity contribution in [2.75, 3.05) is 0 Å². The van der Waals surface area contributed by atoms with E-state index in [2.05, 4.69) is 91.7 Å². The Hall–Kier alpha value is 1.77. The fourth-order valence-corrected chi connectivity index (χ4v) is 48.5. The van der Waals surface area contributed by atoms with Gasteiger partial charge < -0.3 is 32.9 Å². The molecule has 0 aromatic carbocycles. The Morgan fingerprint density at radius 1 is 0.300 bits per heavy atom. The van der Waals surface area contributed by atoms with Crippen molar-refractivity contribution in [3.05, 3.63) is 0 Å². The van der Waals surface area contributed by atoms with Gasteiger partial charge in [0, 0.05) is 0 Å². The van der Waals surface area contributed by atoms with Gasteiger partial charge in [-0.25, -0.2) is 0 Å². The number of hydrogen-bond acceptors (Lipinski definition) is 10. The average molecular weight is 744 g/mol. The molecular formula is C20H62O10Si10. The summed E-state index contributed by atoms with van der Waals surface area (Å²) in [6, 6.07) is 0. The summed E-state index contributed by atoms with van der Waals surface area (Å²) >= 11 is 0. The van der Waals surface area contributed by atoms with Crippen LogP contribution in [-0.4, -0.2) is 86.6 Å². The van der Waals surface area contributed by atoms with Crippen LogP contribution in [0.2, 0.25) is 131 Å². The molecule has 0 saturated heterocycles. The molecule has 242 valence electrons. The summed E-state index contributed by atoms with van der Waals surface area (Å²) in [7, 11) is -22.8. The van der Waals surface area contributed by atoms with Crippen molar-refractivity contribution in [1.29, 1.82) is 0 Å². The molecule has 10 nitrogen and oxygen atoms in total. The summed E-state index contributed by atoms with van der Waals surface area (Å²) in [6.07, 6.45) is 0. The van der Waals surface area contributed by atoms with Crippen LogP contribution in [0.3, 0.4) is 0 Å². The maximum Gasteiger partial charge on any atom is 0.358 e. The summed E-state index contributed by atoms with van der Waals surface area (Å²) < 4.78 is 63.6. The quantitative estimate of drug-likeness (QED) is 0.0814. The molecule has 0 aromatic rings. The van der Waals surface area contributed by atoms with Crippen molar-refractivity contribution in [2.24, 2.45) is 0 Å². The van der Waals surface area contributed by atoms with E-state index in [1.807, 2.05) is 39.3 Å². The van der Waals surface area contributed by atoms with Gasteiger partial charge in [0.05, 0.1) is 0 Å². The summed E-state index contributed by atoms with van der Waals surface area (Å²) in [5.41, 5.74) is 0. The van der Waals surface area contributed by atoms with Gasteiger partial charge in [0.15, 0.2) is 9.04 Å². The zero-order valence-electron chi connectivity index (χ0n) is 29.2. The molecule has 20 heteroatoms. The largest absolute Gasteiger partial charge is 0.440 e. The van der Waals surface area contributed by atoms with Crippen LogP contribution in [0.5, 0.6) is 0 Å². The molecule has 0 unspecified atom stereocenters. The Kier molecular flexibility index (Phi) is 15.6. The summed E-state index contributed by atoms with van der Waals surface area (Å²) in [4.78, 5) is 0. The smallest absolute Gasteiger partial charge is 0.358 e. The number of hydrogen-bond donors (Lipinski definition) is 0. The van der Waals surface area contributed by atoms with Gasteiger partial charge in [-0.2, -0.15) is 0 Å². The molecule has 0 aliphatic carbocycles. The molecule has 40 heavy (non-hydrogen) atoms. The van der Waals surface area contributed by atoms with E-state index < -0.39 is 86.6 Å². The van der Waals surface area contributed by atoms with Crippen LogP contribution in [0, 0.1) is 0 Å². The molecule has 0 bridgehead atoms. The van der Waals surface area contributed by atoms with Crippen LogP contribution in [0.1, 0.15) is 0 Å². The monoisotopic (exact) mass is 742 g/mol. The van der Waals surface area contributed by atoms with E-state index >= 15 is 0 Å². The van der Waals surface area contributed by atoms with Crippen molar-refractivity contribution in [3.63, 3.8) is 0 Å². The van der Waals surface area contributed by atoms with Crippen LogP contribution in [0.15, 0.2) is 0 Å². The van der Waals surface area contributed by atoms with E-state index in [1.54, 1.807) is 0 Å². The molecule has 0 aliphatic rings. The summed E-state index contributed by atoms with van der Waals surface area (Å²) in [5, 5.41) is 0. The van der Waals surface area contributed by atoms with Crippen molar-refractivity contribution in [3.8, 4) is 0 Å². The molecule has 0 aromatic heterocycles. The van der Waals surface area contributed by atoms with E-state index in [1.165, 1.54) is 0 Å². The van der Waals surface area contributed by atoms with E-state index in [4.69, 9.17) is 42.1 Å². The second kappa shape index (κ2) is 14.9. The molecule has 0 heterocycles. The molecule has 0 spiro atoms. The highest BCUT2D eigenvalue weighted by Crippen LogP contribution is 2.29. The van der Waals surface area contributed by atoms with Crippen LogP contribution in [0.4, 0.5) is 0 Å². The minimum absolute atomic E-state index is 1.21. The predicted molar refractivity (Wildman–Crippen MR) is 188 cm³/mol. The van der Waals surface area contributed by atoms with Crippen LogP contribution < -0.4 is 0 Å². The third-order valence-corrected chi connectivity index (χ3v) is 37.3. The lowest BCUT2D eigenvalue weighted by Gasteiger charge is -2.44. The molecule has 0 amide bonds. The fraction of sp³-hybridized carbons (Fsp3) is 1.00. The van der Waals surface area contributed by atoms with Crippen molar-refractivity contribution >= 4 is 86.6 Å². The van der Waals surface area contributed by atoms with E-state index in [0.717, 1.165) is 0 Å². The first-order chi connectivity index (χ1) is 17.3. The van der Waals surface area contributed by atoms with E-state index in [9.17, 15) is 0 Å². The molecule has 0 fully saturated rings. The first-order valence-corrected chi connectivity index (χ1v) is 42.3.